The molecule has 2 aliphatic rings. The van der Waals surface area contributed by atoms with E-state index in [4.69, 9.17) is 0 Å². The number of hydrogen-bond acceptors (Lipinski definition) is 5. The largest absolute Gasteiger partial charge is 0.337 e. The molecule has 0 spiro atoms. The lowest BCUT2D eigenvalue weighted by molar-refractivity contribution is -0.385. The van der Waals surface area contributed by atoms with Crippen LogP contribution in [0, 0.1) is 17.0 Å². The van der Waals surface area contributed by atoms with Crippen LogP contribution in [0.1, 0.15) is 37.7 Å². The maximum Gasteiger partial charge on any atom is 0.270 e. The zero-order chi connectivity index (χ0) is 20.3. The monoisotopic (exact) mass is 407 g/mol. The van der Waals surface area contributed by atoms with Crippen LogP contribution in [-0.2, 0) is 14.8 Å². The highest BCUT2D eigenvalue weighted by Gasteiger charge is 2.31. The van der Waals surface area contributed by atoms with Crippen molar-refractivity contribution in [3.63, 3.8) is 0 Å². The van der Waals surface area contributed by atoms with Gasteiger partial charge in [-0.1, -0.05) is 18.1 Å². The molecule has 1 saturated carbocycles. The van der Waals surface area contributed by atoms with Crippen molar-refractivity contribution in [2.45, 2.75) is 43.9 Å². The fraction of sp³-hybridized carbons (Fsp3) is 0.526. The van der Waals surface area contributed by atoms with Crippen molar-refractivity contribution in [3.8, 4) is 0 Å². The van der Waals surface area contributed by atoms with Crippen LogP contribution >= 0.6 is 0 Å². The van der Waals surface area contributed by atoms with Gasteiger partial charge in [-0.3, -0.25) is 14.9 Å². The average molecular weight is 407 g/mol. The van der Waals surface area contributed by atoms with Gasteiger partial charge < -0.3 is 4.90 Å². The van der Waals surface area contributed by atoms with Gasteiger partial charge in [-0.25, -0.2) is 8.42 Å². The molecule has 0 atom stereocenters. The lowest BCUT2D eigenvalue weighted by Crippen LogP contribution is -2.50. The molecule has 1 aliphatic heterocycles. The number of nitrogens with zero attached hydrogens (tertiary/aromatic N) is 3. The predicted molar refractivity (Wildman–Crippen MR) is 104 cm³/mol. The van der Waals surface area contributed by atoms with Gasteiger partial charge in [-0.15, -0.1) is 0 Å². The Balaban J connectivity index is 1.69. The summed E-state index contributed by atoms with van der Waals surface area (Å²) in [5, 5.41) is 11.0. The first-order valence-electron chi connectivity index (χ1n) is 9.52. The van der Waals surface area contributed by atoms with Crippen LogP contribution in [0.4, 0.5) is 5.69 Å². The number of nitro benzene ring substituents is 1. The molecule has 1 aromatic rings. The first kappa shape index (κ1) is 20.5. The van der Waals surface area contributed by atoms with E-state index in [9.17, 15) is 23.3 Å². The average Bonchev–Trinajstić information content (AvgIpc) is 2.69. The molecule has 0 N–H and O–H groups in total. The summed E-state index contributed by atoms with van der Waals surface area (Å²) in [5.41, 5.74) is 1.39. The molecule has 28 heavy (non-hydrogen) atoms. The number of hydrogen-bond donors (Lipinski definition) is 0. The van der Waals surface area contributed by atoms with Gasteiger partial charge in [0.2, 0.25) is 15.9 Å². The third-order valence-electron chi connectivity index (χ3n) is 5.37. The summed E-state index contributed by atoms with van der Waals surface area (Å²) >= 11 is 0. The summed E-state index contributed by atoms with van der Waals surface area (Å²) in [6.07, 6.45) is 7.09. The van der Waals surface area contributed by atoms with E-state index >= 15 is 0 Å². The minimum atomic E-state index is -3.85. The van der Waals surface area contributed by atoms with Crippen LogP contribution in [-0.4, -0.2) is 54.6 Å². The second-order valence-electron chi connectivity index (χ2n) is 7.30. The molecule has 1 saturated heterocycles. The standard InChI is InChI=1S/C19H25N3O5S/c1-15-7-8-17(22(24)25)14-18(15)28(26,27)21-11-9-20(10-12-21)19(23)13-16-5-3-2-4-6-16/h7-8,13-14H,2-6,9-12H2,1H3. The molecule has 2 fully saturated rings. The Hall–Kier alpha value is -2.26. The number of carbonyl (C=O) groups excluding carboxylic acids is 1. The zero-order valence-electron chi connectivity index (χ0n) is 16.0. The minimum absolute atomic E-state index is 0.0502. The van der Waals surface area contributed by atoms with Gasteiger partial charge in [0.15, 0.2) is 0 Å². The highest BCUT2D eigenvalue weighted by atomic mass is 32.2. The topological polar surface area (TPSA) is 101 Å². The van der Waals surface area contributed by atoms with Crippen LogP contribution in [0.2, 0.25) is 0 Å². The Morgan fingerprint density at radius 1 is 1.11 bits per heavy atom. The summed E-state index contributed by atoms with van der Waals surface area (Å²) in [5.74, 6) is -0.0551. The van der Waals surface area contributed by atoms with Gasteiger partial charge in [0, 0.05) is 44.4 Å². The maximum absolute atomic E-state index is 13.0. The molecule has 0 unspecified atom stereocenters. The van der Waals surface area contributed by atoms with Crippen molar-refractivity contribution < 1.29 is 18.1 Å². The Bertz CT molecular complexity index is 894. The molecule has 1 amide bonds. The quantitative estimate of drug-likeness (QED) is 0.434. The predicted octanol–water partition coefficient (Wildman–Crippen LogP) is 2.63. The fourth-order valence-corrected chi connectivity index (χ4v) is 5.35. The SMILES string of the molecule is Cc1ccc([N+](=O)[O-])cc1S(=O)(=O)N1CCN(C(=O)C=C2CCCCC2)CC1. The normalized spacial score (nSPS) is 18.8. The van der Waals surface area contributed by atoms with E-state index in [2.05, 4.69) is 0 Å². The number of carbonyl (C=O) groups is 1. The molecule has 1 heterocycles. The van der Waals surface area contributed by atoms with Crippen molar-refractivity contribution in [1.82, 2.24) is 9.21 Å². The van der Waals surface area contributed by atoms with Crippen LogP contribution in [0.25, 0.3) is 0 Å². The van der Waals surface area contributed by atoms with Crippen LogP contribution in [0.5, 0.6) is 0 Å². The lowest BCUT2D eigenvalue weighted by atomic mass is 9.94. The van der Waals surface area contributed by atoms with Crippen LogP contribution in [0.15, 0.2) is 34.7 Å². The maximum atomic E-state index is 13.0. The summed E-state index contributed by atoms with van der Waals surface area (Å²) in [6, 6.07) is 3.85. The molecular formula is C19H25N3O5S. The van der Waals surface area contributed by atoms with Gasteiger partial charge in [0.25, 0.3) is 5.69 Å². The first-order valence-corrected chi connectivity index (χ1v) is 11.0. The van der Waals surface area contributed by atoms with Crippen LogP contribution < -0.4 is 0 Å². The molecule has 0 aromatic heterocycles. The Morgan fingerprint density at radius 3 is 2.36 bits per heavy atom. The smallest absolute Gasteiger partial charge is 0.270 e. The fourth-order valence-electron chi connectivity index (χ4n) is 3.68. The van der Waals surface area contributed by atoms with Gasteiger partial charge in [0.1, 0.15) is 0 Å². The number of non-ortho nitro benzene ring substituents is 1. The zero-order valence-corrected chi connectivity index (χ0v) is 16.8. The van der Waals surface area contributed by atoms with Crippen molar-refractivity contribution in [3.05, 3.63) is 45.5 Å². The van der Waals surface area contributed by atoms with E-state index in [0.717, 1.165) is 31.7 Å². The van der Waals surface area contributed by atoms with E-state index in [1.54, 1.807) is 17.9 Å². The molecule has 8 nitrogen and oxygen atoms in total. The van der Waals surface area contributed by atoms with Gasteiger partial charge >= 0.3 is 0 Å². The molecule has 152 valence electrons. The Kier molecular flexibility index (Phi) is 6.14. The lowest BCUT2D eigenvalue weighted by Gasteiger charge is -2.34. The van der Waals surface area contributed by atoms with E-state index < -0.39 is 14.9 Å². The summed E-state index contributed by atoms with van der Waals surface area (Å²) in [6.45, 7) is 2.61. The second-order valence-corrected chi connectivity index (χ2v) is 9.21. The third kappa shape index (κ3) is 4.41. The van der Waals surface area contributed by atoms with E-state index in [0.29, 0.717) is 18.7 Å². The number of aryl methyl sites for hydroxylation is 1. The van der Waals surface area contributed by atoms with E-state index in [-0.39, 0.29) is 29.6 Å². The highest BCUT2D eigenvalue weighted by molar-refractivity contribution is 7.89. The second kappa shape index (κ2) is 8.40. The van der Waals surface area contributed by atoms with Crippen molar-refractivity contribution >= 4 is 21.6 Å². The molecule has 3 rings (SSSR count). The van der Waals surface area contributed by atoms with Gasteiger partial charge in [-0.2, -0.15) is 4.31 Å². The van der Waals surface area contributed by atoms with Gasteiger partial charge in [-0.05, 0) is 38.2 Å². The number of sulfonamides is 1. The highest BCUT2D eigenvalue weighted by Crippen LogP contribution is 2.26. The van der Waals surface area contributed by atoms with E-state index in [1.807, 2.05) is 0 Å². The number of rotatable bonds is 4. The third-order valence-corrected chi connectivity index (χ3v) is 7.41. The molecule has 0 radical (unpaired) electrons. The number of allylic oxidation sites excluding steroid dienone is 1. The van der Waals surface area contributed by atoms with E-state index in [1.165, 1.54) is 28.4 Å². The number of benzene rings is 1. The Morgan fingerprint density at radius 2 is 1.75 bits per heavy atom. The van der Waals surface area contributed by atoms with Gasteiger partial charge in [0.05, 0.1) is 9.82 Å². The molecule has 9 heteroatoms. The number of piperazine rings is 1. The molecule has 1 aromatic carbocycles. The molecule has 0 bridgehead atoms. The summed E-state index contributed by atoms with van der Waals surface area (Å²) in [7, 11) is -3.85. The minimum Gasteiger partial charge on any atom is -0.337 e. The number of nitro groups is 1. The summed E-state index contributed by atoms with van der Waals surface area (Å²) < 4.78 is 27.2. The molecule has 1 aliphatic carbocycles. The summed E-state index contributed by atoms with van der Waals surface area (Å²) in [4.78, 5) is 24.5. The van der Waals surface area contributed by atoms with Crippen LogP contribution in [0.3, 0.4) is 0 Å². The number of amides is 1. The van der Waals surface area contributed by atoms with Crippen molar-refractivity contribution in [2.24, 2.45) is 0 Å². The Labute approximate surface area is 165 Å². The molecular weight excluding hydrogens is 382 g/mol. The van der Waals surface area contributed by atoms with Crippen molar-refractivity contribution in [1.29, 1.82) is 0 Å². The first-order chi connectivity index (χ1) is 13.3. The van der Waals surface area contributed by atoms with Crippen molar-refractivity contribution in [2.75, 3.05) is 26.2 Å².